The van der Waals surface area contributed by atoms with Gasteiger partial charge in [-0.1, -0.05) is 11.4 Å². The van der Waals surface area contributed by atoms with Gasteiger partial charge in [-0.25, -0.2) is 0 Å². The Morgan fingerprint density at radius 2 is 2.00 bits per heavy atom. The van der Waals surface area contributed by atoms with Crippen molar-refractivity contribution in [3.8, 4) is 0 Å². The van der Waals surface area contributed by atoms with Crippen LogP contribution in [0.15, 0.2) is 0 Å². The Morgan fingerprint density at radius 1 is 1.25 bits per heavy atom. The first-order valence-electron chi connectivity index (χ1n) is 5.79. The first-order chi connectivity index (χ1) is 7.53. The average Bonchev–Trinajstić information content (AvgIpc) is 2.63. The lowest BCUT2D eigenvalue weighted by Gasteiger charge is -2.20. The van der Waals surface area contributed by atoms with E-state index in [2.05, 4.69) is 47.9 Å². The van der Waals surface area contributed by atoms with Crippen LogP contribution in [0.4, 0.5) is 0 Å². The fourth-order valence-corrected chi connectivity index (χ4v) is 2.05. The van der Waals surface area contributed by atoms with Gasteiger partial charge < -0.3 is 10.6 Å². The number of nitrogens with zero attached hydrogens (tertiary/aromatic N) is 2. The Labute approximate surface area is 102 Å². The molecule has 0 unspecified atom stereocenters. The van der Waals surface area contributed by atoms with Crippen molar-refractivity contribution >= 4 is 11.5 Å². The molecule has 0 aliphatic heterocycles. The summed E-state index contributed by atoms with van der Waals surface area (Å²) in [5.74, 6) is 0. The molecule has 5 heteroatoms. The minimum Gasteiger partial charge on any atom is -0.311 e. The van der Waals surface area contributed by atoms with Gasteiger partial charge in [0.25, 0.3) is 0 Å². The van der Waals surface area contributed by atoms with Gasteiger partial charge in [-0.15, -0.1) is 5.10 Å². The first kappa shape index (κ1) is 13.5. The van der Waals surface area contributed by atoms with Gasteiger partial charge in [-0.2, -0.15) is 0 Å². The van der Waals surface area contributed by atoms with E-state index in [1.807, 2.05) is 0 Å². The number of aryl methyl sites for hydroxylation is 1. The molecule has 0 saturated heterocycles. The highest BCUT2D eigenvalue weighted by Crippen LogP contribution is 2.10. The standard InChI is InChI=1S/C11H22N4S/c1-5-9-10(16-15-14-9)8-12-6-7-13-11(2,3)4/h12-13H,5-8H2,1-4H3. The Hall–Kier alpha value is -0.520. The average molecular weight is 242 g/mol. The van der Waals surface area contributed by atoms with E-state index >= 15 is 0 Å². The van der Waals surface area contributed by atoms with Gasteiger partial charge >= 0.3 is 0 Å². The first-order valence-corrected chi connectivity index (χ1v) is 6.56. The number of rotatable bonds is 6. The third kappa shape index (κ3) is 5.01. The lowest BCUT2D eigenvalue weighted by Crippen LogP contribution is -2.40. The second-order valence-corrected chi connectivity index (χ2v) is 5.69. The van der Waals surface area contributed by atoms with Crippen LogP contribution in [-0.2, 0) is 13.0 Å². The molecule has 1 rings (SSSR count). The SMILES string of the molecule is CCc1nnsc1CNCCNC(C)(C)C. The zero-order valence-electron chi connectivity index (χ0n) is 10.6. The molecule has 92 valence electrons. The van der Waals surface area contributed by atoms with Crippen LogP contribution in [0, 0.1) is 0 Å². The highest BCUT2D eigenvalue weighted by atomic mass is 32.1. The van der Waals surface area contributed by atoms with Crippen LogP contribution >= 0.6 is 11.5 Å². The highest BCUT2D eigenvalue weighted by molar-refractivity contribution is 7.05. The van der Waals surface area contributed by atoms with Crippen LogP contribution in [0.25, 0.3) is 0 Å². The van der Waals surface area contributed by atoms with Crippen molar-refractivity contribution in [1.29, 1.82) is 0 Å². The Kier molecular flexibility index (Phi) is 5.31. The van der Waals surface area contributed by atoms with E-state index in [4.69, 9.17) is 0 Å². The van der Waals surface area contributed by atoms with Crippen molar-refractivity contribution in [2.75, 3.05) is 13.1 Å². The van der Waals surface area contributed by atoms with E-state index in [0.29, 0.717) is 0 Å². The number of aromatic nitrogens is 2. The Balaban J connectivity index is 2.16. The molecular formula is C11H22N4S. The maximum absolute atomic E-state index is 4.09. The minimum absolute atomic E-state index is 0.197. The van der Waals surface area contributed by atoms with Crippen LogP contribution in [0.2, 0.25) is 0 Å². The number of nitrogens with one attached hydrogen (secondary N) is 2. The molecule has 0 aliphatic rings. The lowest BCUT2D eigenvalue weighted by molar-refractivity contribution is 0.421. The Morgan fingerprint density at radius 3 is 2.62 bits per heavy atom. The molecule has 1 heterocycles. The summed E-state index contributed by atoms with van der Waals surface area (Å²) < 4.78 is 3.97. The maximum Gasteiger partial charge on any atom is 0.0797 e. The van der Waals surface area contributed by atoms with Gasteiger partial charge in [0.2, 0.25) is 0 Å². The van der Waals surface area contributed by atoms with Crippen LogP contribution < -0.4 is 10.6 Å². The molecule has 0 atom stereocenters. The van der Waals surface area contributed by atoms with Crippen molar-refractivity contribution in [2.45, 2.75) is 46.2 Å². The topological polar surface area (TPSA) is 49.8 Å². The molecule has 1 aromatic heterocycles. The predicted molar refractivity (Wildman–Crippen MR) is 68.7 cm³/mol. The largest absolute Gasteiger partial charge is 0.311 e. The molecule has 0 amide bonds. The van der Waals surface area contributed by atoms with Gasteiger partial charge in [0.1, 0.15) is 0 Å². The van der Waals surface area contributed by atoms with Gasteiger partial charge in [0.15, 0.2) is 0 Å². The molecule has 1 aromatic rings. The van der Waals surface area contributed by atoms with Crippen LogP contribution in [0.3, 0.4) is 0 Å². The molecule has 2 N–H and O–H groups in total. The summed E-state index contributed by atoms with van der Waals surface area (Å²) in [5, 5.41) is 10.9. The fraction of sp³-hybridized carbons (Fsp3) is 0.818. The van der Waals surface area contributed by atoms with Crippen molar-refractivity contribution in [1.82, 2.24) is 20.2 Å². The molecule has 0 saturated carbocycles. The van der Waals surface area contributed by atoms with E-state index in [1.165, 1.54) is 16.4 Å². The molecule has 0 bridgehead atoms. The fourth-order valence-electron chi connectivity index (χ4n) is 1.36. The van der Waals surface area contributed by atoms with Crippen LogP contribution in [-0.4, -0.2) is 28.2 Å². The zero-order valence-corrected chi connectivity index (χ0v) is 11.4. The summed E-state index contributed by atoms with van der Waals surface area (Å²) in [6.07, 6.45) is 0.966. The minimum atomic E-state index is 0.197. The lowest BCUT2D eigenvalue weighted by atomic mass is 10.1. The second kappa shape index (κ2) is 6.27. The molecule has 0 radical (unpaired) electrons. The molecule has 0 aromatic carbocycles. The highest BCUT2D eigenvalue weighted by Gasteiger charge is 2.08. The molecule has 0 spiro atoms. The summed E-state index contributed by atoms with van der Waals surface area (Å²) in [6.45, 7) is 11.5. The smallest absolute Gasteiger partial charge is 0.0797 e. The summed E-state index contributed by atoms with van der Waals surface area (Å²) >= 11 is 1.49. The van der Waals surface area contributed by atoms with Crippen molar-refractivity contribution in [3.63, 3.8) is 0 Å². The number of hydrogen-bond donors (Lipinski definition) is 2. The predicted octanol–water partition coefficient (Wildman–Crippen LogP) is 1.58. The summed E-state index contributed by atoms with van der Waals surface area (Å²) in [7, 11) is 0. The molecule has 0 aliphatic carbocycles. The van der Waals surface area contributed by atoms with E-state index in [-0.39, 0.29) is 5.54 Å². The van der Waals surface area contributed by atoms with E-state index < -0.39 is 0 Å². The molecule has 4 nitrogen and oxygen atoms in total. The van der Waals surface area contributed by atoms with Crippen LogP contribution in [0.5, 0.6) is 0 Å². The number of hydrogen-bond acceptors (Lipinski definition) is 5. The quantitative estimate of drug-likeness (QED) is 0.744. The van der Waals surface area contributed by atoms with E-state index in [0.717, 1.165) is 31.7 Å². The van der Waals surface area contributed by atoms with Gasteiger partial charge in [0, 0.05) is 25.2 Å². The van der Waals surface area contributed by atoms with E-state index in [1.54, 1.807) is 0 Å². The van der Waals surface area contributed by atoms with Crippen molar-refractivity contribution in [3.05, 3.63) is 10.6 Å². The third-order valence-electron chi connectivity index (χ3n) is 2.21. The Bertz CT molecular complexity index is 303. The van der Waals surface area contributed by atoms with Gasteiger partial charge in [-0.3, -0.25) is 0 Å². The normalized spacial score (nSPS) is 12.0. The maximum atomic E-state index is 4.09. The van der Waals surface area contributed by atoms with Crippen molar-refractivity contribution < 1.29 is 0 Å². The van der Waals surface area contributed by atoms with Crippen LogP contribution in [0.1, 0.15) is 38.3 Å². The summed E-state index contributed by atoms with van der Waals surface area (Å²) in [4.78, 5) is 1.26. The molecule has 0 fully saturated rings. The molecule has 16 heavy (non-hydrogen) atoms. The van der Waals surface area contributed by atoms with Gasteiger partial charge in [0.05, 0.1) is 10.6 Å². The third-order valence-corrected chi connectivity index (χ3v) is 2.98. The zero-order chi connectivity index (χ0) is 12.0. The monoisotopic (exact) mass is 242 g/mol. The molecular weight excluding hydrogens is 220 g/mol. The summed E-state index contributed by atoms with van der Waals surface area (Å²) in [5.41, 5.74) is 1.32. The van der Waals surface area contributed by atoms with E-state index in [9.17, 15) is 0 Å². The second-order valence-electron chi connectivity index (χ2n) is 4.85. The van der Waals surface area contributed by atoms with Crippen molar-refractivity contribution in [2.24, 2.45) is 0 Å². The summed E-state index contributed by atoms with van der Waals surface area (Å²) in [6, 6.07) is 0. The van der Waals surface area contributed by atoms with Gasteiger partial charge in [-0.05, 0) is 38.7 Å².